The molecule has 2 heterocycles. The van der Waals surface area contributed by atoms with E-state index in [0.29, 0.717) is 0 Å². The van der Waals surface area contributed by atoms with Gasteiger partial charge in [0.1, 0.15) is 18.3 Å². The van der Waals surface area contributed by atoms with Gasteiger partial charge in [-0.1, -0.05) is 0 Å². The molecule has 2 aliphatic rings. The van der Waals surface area contributed by atoms with E-state index in [2.05, 4.69) is 0 Å². The minimum Gasteiger partial charge on any atom is -0.391 e. The number of hydrogen-bond donors (Lipinski definition) is 2. The molecule has 2 N–H and O–H groups in total. The zero-order valence-corrected chi connectivity index (χ0v) is 8.51. The van der Waals surface area contributed by atoms with Gasteiger partial charge in [-0.05, 0) is 20.8 Å². The first-order valence-electron chi connectivity index (χ1n) is 4.78. The van der Waals surface area contributed by atoms with Gasteiger partial charge in [-0.15, -0.1) is 0 Å². The van der Waals surface area contributed by atoms with E-state index in [9.17, 15) is 10.2 Å². The third kappa shape index (κ3) is 1.55. The van der Waals surface area contributed by atoms with Crippen molar-refractivity contribution in [1.29, 1.82) is 0 Å². The lowest BCUT2D eigenvalue weighted by molar-refractivity contribution is -0.224. The number of ether oxygens (including phenoxy) is 3. The van der Waals surface area contributed by atoms with E-state index in [0.717, 1.165) is 0 Å². The van der Waals surface area contributed by atoms with Gasteiger partial charge in [0.25, 0.3) is 0 Å². The lowest BCUT2D eigenvalue weighted by atomic mass is 10.1. The quantitative estimate of drug-likeness (QED) is 0.608. The first-order chi connectivity index (χ1) is 6.41. The summed E-state index contributed by atoms with van der Waals surface area (Å²) in [6, 6.07) is 0. The smallest absolute Gasteiger partial charge is 0.190 e. The summed E-state index contributed by atoms with van der Waals surface area (Å²) < 4.78 is 16.2. The van der Waals surface area contributed by atoms with Crippen LogP contribution in [0.1, 0.15) is 20.8 Å². The van der Waals surface area contributed by atoms with E-state index in [-0.39, 0.29) is 0 Å². The number of fused-ring (bicyclic) bond motifs is 1. The van der Waals surface area contributed by atoms with Crippen LogP contribution < -0.4 is 0 Å². The Kier molecular flexibility index (Phi) is 2.32. The minimum atomic E-state index is -0.832. The summed E-state index contributed by atoms with van der Waals surface area (Å²) in [6.07, 6.45) is -3.25. The van der Waals surface area contributed by atoms with Gasteiger partial charge in [0.15, 0.2) is 12.1 Å². The Bertz CT molecular complexity index is 225. The molecule has 5 atom stereocenters. The normalized spacial score (nSPS) is 47.8. The third-order valence-corrected chi connectivity index (χ3v) is 2.53. The minimum absolute atomic E-state index is 0.496. The molecular formula is C9H16O5. The molecule has 0 aliphatic carbocycles. The highest BCUT2D eigenvalue weighted by Crippen LogP contribution is 2.37. The number of aliphatic hydroxyl groups excluding tert-OH is 2. The van der Waals surface area contributed by atoms with Crippen molar-refractivity contribution in [2.24, 2.45) is 0 Å². The molecule has 0 amide bonds. The van der Waals surface area contributed by atoms with E-state index in [1.807, 2.05) is 0 Å². The molecule has 5 nitrogen and oxygen atoms in total. The van der Waals surface area contributed by atoms with E-state index < -0.39 is 36.5 Å². The van der Waals surface area contributed by atoms with Gasteiger partial charge in [0, 0.05) is 0 Å². The molecule has 0 unspecified atom stereocenters. The first-order valence-corrected chi connectivity index (χ1v) is 4.78. The molecule has 2 fully saturated rings. The Hall–Kier alpha value is -0.200. The number of rotatable bonds is 1. The van der Waals surface area contributed by atoms with E-state index in [1.165, 1.54) is 0 Å². The van der Waals surface area contributed by atoms with Crippen LogP contribution in [-0.4, -0.2) is 46.7 Å². The maximum Gasteiger partial charge on any atom is 0.190 e. The summed E-state index contributed by atoms with van der Waals surface area (Å²) in [4.78, 5) is 0. The molecule has 5 heteroatoms. The molecule has 2 saturated heterocycles. The predicted molar refractivity (Wildman–Crippen MR) is 46.4 cm³/mol. The van der Waals surface area contributed by atoms with Crippen LogP contribution in [0.3, 0.4) is 0 Å². The van der Waals surface area contributed by atoms with Gasteiger partial charge in [-0.2, -0.15) is 0 Å². The van der Waals surface area contributed by atoms with Crippen LogP contribution in [0.5, 0.6) is 0 Å². The van der Waals surface area contributed by atoms with Gasteiger partial charge in [-0.25, -0.2) is 0 Å². The highest BCUT2D eigenvalue weighted by Gasteiger charge is 2.55. The molecule has 0 bridgehead atoms. The Labute approximate surface area is 82.6 Å². The zero-order chi connectivity index (χ0) is 10.5. The van der Waals surface area contributed by atoms with Crippen LogP contribution in [0.2, 0.25) is 0 Å². The maximum atomic E-state index is 9.77. The second kappa shape index (κ2) is 3.15. The first kappa shape index (κ1) is 10.3. The van der Waals surface area contributed by atoms with Crippen LogP contribution in [0.15, 0.2) is 0 Å². The molecule has 14 heavy (non-hydrogen) atoms. The van der Waals surface area contributed by atoms with Crippen LogP contribution in [0.25, 0.3) is 0 Å². The Morgan fingerprint density at radius 3 is 2.43 bits per heavy atom. The lowest BCUT2D eigenvalue weighted by Gasteiger charge is -2.24. The van der Waals surface area contributed by atoms with Crippen molar-refractivity contribution in [2.45, 2.75) is 57.3 Å². The molecule has 2 rings (SSSR count). The van der Waals surface area contributed by atoms with Crippen LogP contribution in [-0.2, 0) is 14.2 Å². The average molecular weight is 204 g/mol. The van der Waals surface area contributed by atoms with E-state index in [4.69, 9.17) is 14.2 Å². The van der Waals surface area contributed by atoms with Crippen LogP contribution in [0.4, 0.5) is 0 Å². The molecule has 0 saturated carbocycles. The van der Waals surface area contributed by atoms with Crippen LogP contribution in [0, 0.1) is 0 Å². The standard InChI is InChI=1S/C9H16O5/c1-4(10)6-5(11)7-8(12-6)14-9(2,3)13-7/h4-8,10-11H,1-3H3/t4-,5+,6-,7-,8+/m1/s1. The molecule has 0 aromatic heterocycles. The average Bonchev–Trinajstić information content (AvgIpc) is 2.46. The monoisotopic (exact) mass is 204 g/mol. The van der Waals surface area contributed by atoms with Crippen molar-refractivity contribution >= 4 is 0 Å². The van der Waals surface area contributed by atoms with Crippen molar-refractivity contribution in [2.75, 3.05) is 0 Å². The maximum absolute atomic E-state index is 9.77. The fraction of sp³-hybridized carbons (Fsp3) is 1.00. The SMILES string of the molecule is C[C@@H](O)[C@H]1O[C@H]2OC(C)(C)O[C@@H]2[C@H]1O. The van der Waals surface area contributed by atoms with E-state index in [1.54, 1.807) is 20.8 Å². The van der Waals surface area contributed by atoms with Crippen molar-refractivity contribution in [1.82, 2.24) is 0 Å². The highest BCUT2D eigenvalue weighted by atomic mass is 16.8. The van der Waals surface area contributed by atoms with Gasteiger partial charge >= 0.3 is 0 Å². The van der Waals surface area contributed by atoms with Gasteiger partial charge in [-0.3, -0.25) is 0 Å². The summed E-state index contributed by atoms with van der Waals surface area (Å²) in [7, 11) is 0. The van der Waals surface area contributed by atoms with E-state index >= 15 is 0 Å². The van der Waals surface area contributed by atoms with Crippen molar-refractivity contribution in [3.05, 3.63) is 0 Å². The summed E-state index contributed by atoms with van der Waals surface area (Å²) in [6.45, 7) is 5.09. The highest BCUT2D eigenvalue weighted by molar-refractivity contribution is 4.94. The molecule has 0 spiro atoms. The molecule has 2 aliphatic heterocycles. The van der Waals surface area contributed by atoms with Crippen molar-refractivity contribution in [3.8, 4) is 0 Å². The summed E-state index contributed by atoms with van der Waals surface area (Å²) in [5.74, 6) is -0.722. The third-order valence-electron chi connectivity index (χ3n) is 2.53. The molecule has 0 radical (unpaired) electrons. The second-order valence-corrected chi connectivity index (χ2v) is 4.30. The lowest BCUT2D eigenvalue weighted by Crippen LogP contribution is -2.39. The second-order valence-electron chi connectivity index (χ2n) is 4.30. The van der Waals surface area contributed by atoms with Crippen molar-refractivity contribution in [3.63, 3.8) is 0 Å². The van der Waals surface area contributed by atoms with Crippen molar-refractivity contribution < 1.29 is 24.4 Å². The zero-order valence-electron chi connectivity index (χ0n) is 8.51. The Morgan fingerprint density at radius 1 is 1.29 bits per heavy atom. The predicted octanol–water partition coefficient (Wildman–Crippen LogP) is -0.396. The molecular weight excluding hydrogens is 188 g/mol. The summed E-state index contributed by atoms with van der Waals surface area (Å²) in [5, 5.41) is 19.1. The van der Waals surface area contributed by atoms with Gasteiger partial charge in [0.05, 0.1) is 6.10 Å². The van der Waals surface area contributed by atoms with Crippen LogP contribution >= 0.6 is 0 Å². The summed E-state index contributed by atoms with van der Waals surface area (Å²) >= 11 is 0. The summed E-state index contributed by atoms with van der Waals surface area (Å²) in [5.41, 5.74) is 0. The van der Waals surface area contributed by atoms with Gasteiger partial charge < -0.3 is 24.4 Å². The fourth-order valence-corrected chi connectivity index (χ4v) is 1.92. The topological polar surface area (TPSA) is 68.2 Å². The number of hydrogen-bond acceptors (Lipinski definition) is 5. The number of aliphatic hydroxyl groups is 2. The molecule has 82 valence electrons. The Morgan fingerprint density at radius 2 is 1.93 bits per heavy atom. The molecule has 0 aromatic rings. The largest absolute Gasteiger partial charge is 0.391 e. The molecule has 0 aromatic carbocycles. The fourth-order valence-electron chi connectivity index (χ4n) is 1.92. The Balaban J connectivity index is 2.08. The van der Waals surface area contributed by atoms with Gasteiger partial charge in [0.2, 0.25) is 0 Å².